The number of aliphatic hydroxyl groups excluding tert-OH is 1. The normalized spacial score (nSPS) is 22.4. The van der Waals surface area contributed by atoms with Crippen molar-refractivity contribution in [1.29, 1.82) is 0 Å². The van der Waals surface area contributed by atoms with Crippen molar-refractivity contribution in [3.05, 3.63) is 27.4 Å². The van der Waals surface area contributed by atoms with E-state index in [4.69, 9.17) is 11.6 Å². The zero-order valence-corrected chi connectivity index (χ0v) is 12.4. The van der Waals surface area contributed by atoms with Gasteiger partial charge in [0.05, 0.1) is 17.6 Å². The van der Waals surface area contributed by atoms with E-state index in [1.54, 1.807) is 18.2 Å². The third kappa shape index (κ3) is 3.39. The van der Waals surface area contributed by atoms with Gasteiger partial charge >= 0.3 is 5.97 Å². The molecule has 0 radical (unpaired) electrons. The molecular weight excluding hydrogens is 302 g/mol. The van der Waals surface area contributed by atoms with Gasteiger partial charge in [-0.15, -0.1) is 11.3 Å². The Balaban J connectivity index is 2.07. The summed E-state index contributed by atoms with van der Waals surface area (Å²) in [4.78, 5) is 25.8. The summed E-state index contributed by atoms with van der Waals surface area (Å²) in [6.45, 7) is 0.133. The van der Waals surface area contributed by atoms with Crippen LogP contribution in [0.15, 0.2) is 18.2 Å². The minimum atomic E-state index is -0.723. The molecule has 5 nitrogen and oxygen atoms in total. The van der Waals surface area contributed by atoms with Crippen LogP contribution in [0, 0.1) is 0 Å². The van der Waals surface area contributed by atoms with E-state index in [9.17, 15) is 14.7 Å². The van der Waals surface area contributed by atoms with Crippen LogP contribution in [0.4, 0.5) is 0 Å². The van der Waals surface area contributed by atoms with Crippen molar-refractivity contribution < 1.29 is 19.4 Å². The molecule has 108 valence electrons. The van der Waals surface area contributed by atoms with Crippen LogP contribution in [-0.4, -0.2) is 47.7 Å². The van der Waals surface area contributed by atoms with Crippen LogP contribution in [0.5, 0.6) is 0 Å². The highest BCUT2D eigenvalue weighted by Crippen LogP contribution is 2.23. The van der Waals surface area contributed by atoms with Gasteiger partial charge in [0.1, 0.15) is 6.04 Å². The van der Waals surface area contributed by atoms with E-state index in [2.05, 4.69) is 4.74 Å². The van der Waals surface area contributed by atoms with Gasteiger partial charge in [0.25, 0.3) is 0 Å². The zero-order valence-electron chi connectivity index (χ0n) is 10.8. The molecule has 2 atom stereocenters. The number of nitrogens with zero attached hydrogens (tertiary/aromatic N) is 1. The summed E-state index contributed by atoms with van der Waals surface area (Å²) in [6, 6.07) is 2.82. The zero-order chi connectivity index (χ0) is 14.7. The summed E-state index contributed by atoms with van der Waals surface area (Å²) in [5, 5.41) is 9.61. The van der Waals surface area contributed by atoms with Gasteiger partial charge in [-0.1, -0.05) is 11.6 Å². The maximum absolute atomic E-state index is 12.1. The van der Waals surface area contributed by atoms with E-state index < -0.39 is 18.1 Å². The number of hydrogen-bond acceptors (Lipinski definition) is 5. The van der Waals surface area contributed by atoms with Crippen LogP contribution in [-0.2, 0) is 14.3 Å². The fraction of sp³-hybridized carbons (Fsp3) is 0.385. The Hall–Kier alpha value is -1.37. The van der Waals surface area contributed by atoms with Crippen LogP contribution >= 0.6 is 22.9 Å². The summed E-state index contributed by atoms with van der Waals surface area (Å²) in [6.07, 6.45) is 2.51. The molecule has 0 spiro atoms. The maximum atomic E-state index is 12.1. The van der Waals surface area contributed by atoms with Crippen LogP contribution in [0.3, 0.4) is 0 Å². The Bertz CT molecular complexity index is 542. The van der Waals surface area contributed by atoms with E-state index in [1.165, 1.54) is 29.4 Å². The Labute approximate surface area is 125 Å². The lowest BCUT2D eigenvalue weighted by Gasteiger charge is -2.20. The summed E-state index contributed by atoms with van der Waals surface area (Å²) in [7, 11) is 1.26. The Morgan fingerprint density at radius 2 is 2.30 bits per heavy atom. The quantitative estimate of drug-likeness (QED) is 0.679. The van der Waals surface area contributed by atoms with Crippen molar-refractivity contribution in [2.75, 3.05) is 13.7 Å². The number of halogens is 1. The number of carbonyl (C=O) groups excluding carboxylic acids is 2. The molecule has 2 unspecified atom stereocenters. The molecule has 1 aliphatic rings. The molecule has 1 saturated heterocycles. The number of esters is 1. The predicted octanol–water partition coefficient (Wildman–Crippen LogP) is 1.55. The number of aliphatic hydroxyl groups is 1. The van der Waals surface area contributed by atoms with E-state index in [-0.39, 0.29) is 18.9 Å². The fourth-order valence-corrected chi connectivity index (χ4v) is 3.05. The lowest BCUT2D eigenvalue weighted by molar-refractivity contribution is -0.149. The van der Waals surface area contributed by atoms with Crippen molar-refractivity contribution in [3.8, 4) is 0 Å². The molecule has 1 fully saturated rings. The number of β-amino-alcohol motifs (C(OH)–C–C–N with tert-alkyl or cyclic N) is 1. The standard InChI is InChI=1S/C13H14ClNO4S/c1-19-13(18)10-6-8(16)7-15(10)12(17)5-3-9-2-4-11(14)20-9/h2-5,8,10,16H,6-7H2,1H3/b5-3+. The number of ether oxygens (including phenoxy) is 1. The highest BCUT2D eigenvalue weighted by Gasteiger charge is 2.38. The van der Waals surface area contributed by atoms with Gasteiger partial charge in [-0.2, -0.15) is 0 Å². The second-order valence-electron chi connectivity index (χ2n) is 4.39. The molecule has 1 aromatic rings. The average molecular weight is 316 g/mol. The van der Waals surface area contributed by atoms with Crippen molar-refractivity contribution in [1.82, 2.24) is 4.90 Å². The number of thiophene rings is 1. The Kier molecular flexibility index (Phi) is 4.80. The summed E-state index contributed by atoms with van der Waals surface area (Å²) in [5.41, 5.74) is 0. The molecule has 20 heavy (non-hydrogen) atoms. The van der Waals surface area contributed by atoms with Crippen LogP contribution < -0.4 is 0 Å². The largest absolute Gasteiger partial charge is 0.467 e. The third-order valence-electron chi connectivity index (χ3n) is 3.02. The fourth-order valence-electron chi connectivity index (χ4n) is 2.08. The SMILES string of the molecule is COC(=O)C1CC(O)CN1C(=O)/C=C/c1ccc(Cl)s1. The van der Waals surface area contributed by atoms with E-state index in [0.717, 1.165) is 4.88 Å². The number of rotatable bonds is 3. The molecule has 1 aliphatic heterocycles. The molecule has 0 aliphatic carbocycles. The van der Waals surface area contributed by atoms with Gasteiger partial charge < -0.3 is 14.7 Å². The first kappa shape index (κ1) is 15.0. The van der Waals surface area contributed by atoms with Crippen LogP contribution in [0.2, 0.25) is 4.34 Å². The molecule has 1 N–H and O–H groups in total. The highest BCUT2D eigenvalue weighted by molar-refractivity contribution is 7.17. The second kappa shape index (κ2) is 6.39. The Morgan fingerprint density at radius 3 is 2.90 bits per heavy atom. The van der Waals surface area contributed by atoms with Gasteiger partial charge in [-0.3, -0.25) is 4.79 Å². The smallest absolute Gasteiger partial charge is 0.328 e. The van der Waals surface area contributed by atoms with E-state index in [1.807, 2.05) is 0 Å². The molecule has 1 amide bonds. The number of methoxy groups -OCH3 is 1. The lowest BCUT2D eigenvalue weighted by Crippen LogP contribution is -2.40. The van der Waals surface area contributed by atoms with Gasteiger partial charge in [0.2, 0.25) is 5.91 Å². The number of amides is 1. The lowest BCUT2D eigenvalue weighted by atomic mass is 10.2. The van der Waals surface area contributed by atoms with Crippen molar-refractivity contribution in [3.63, 3.8) is 0 Å². The topological polar surface area (TPSA) is 66.8 Å². The number of carbonyl (C=O) groups is 2. The maximum Gasteiger partial charge on any atom is 0.328 e. The van der Waals surface area contributed by atoms with Gasteiger partial charge in [0.15, 0.2) is 0 Å². The first-order valence-electron chi connectivity index (χ1n) is 6.01. The Morgan fingerprint density at radius 1 is 1.55 bits per heavy atom. The monoisotopic (exact) mass is 315 g/mol. The van der Waals surface area contributed by atoms with Crippen LogP contribution in [0.1, 0.15) is 11.3 Å². The molecule has 7 heteroatoms. The molecule has 2 heterocycles. The third-order valence-corrected chi connectivity index (χ3v) is 4.22. The van der Waals surface area contributed by atoms with Gasteiger partial charge in [-0.25, -0.2) is 4.79 Å². The summed E-state index contributed by atoms with van der Waals surface area (Å²) < 4.78 is 5.29. The first-order valence-corrected chi connectivity index (χ1v) is 7.20. The molecule has 0 bridgehead atoms. The van der Waals surface area contributed by atoms with Crippen molar-refractivity contribution >= 4 is 40.9 Å². The van der Waals surface area contributed by atoms with E-state index >= 15 is 0 Å². The number of likely N-dealkylation sites (tertiary alicyclic amines) is 1. The molecule has 0 saturated carbocycles. The first-order chi connectivity index (χ1) is 9.51. The molecule has 1 aromatic heterocycles. The minimum Gasteiger partial charge on any atom is -0.467 e. The van der Waals surface area contributed by atoms with Crippen molar-refractivity contribution in [2.45, 2.75) is 18.6 Å². The minimum absolute atomic E-state index is 0.133. The van der Waals surface area contributed by atoms with Crippen molar-refractivity contribution in [2.24, 2.45) is 0 Å². The highest BCUT2D eigenvalue weighted by atomic mass is 35.5. The second-order valence-corrected chi connectivity index (χ2v) is 6.14. The number of hydrogen-bond donors (Lipinski definition) is 1. The molecular formula is C13H14ClNO4S. The summed E-state index contributed by atoms with van der Waals surface area (Å²) >= 11 is 7.15. The summed E-state index contributed by atoms with van der Waals surface area (Å²) in [5.74, 6) is -0.844. The van der Waals surface area contributed by atoms with E-state index in [0.29, 0.717) is 4.34 Å². The van der Waals surface area contributed by atoms with Gasteiger partial charge in [-0.05, 0) is 18.2 Å². The predicted molar refractivity (Wildman–Crippen MR) is 76.5 cm³/mol. The van der Waals surface area contributed by atoms with Gasteiger partial charge in [0, 0.05) is 23.9 Å². The average Bonchev–Trinajstić information content (AvgIpc) is 3.01. The molecule has 0 aromatic carbocycles. The van der Waals surface area contributed by atoms with Crippen LogP contribution in [0.25, 0.3) is 6.08 Å². The molecule has 2 rings (SSSR count).